The Morgan fingerprint density at radius 2 is 1.51 bits per heavy atom. The molecular weight excluding hydrogens is 600 g/mol. The number of halogens is 6. The van der Waals surface area contributed by atoms with E-state index in [4.69, 9.17) is 0 Å². The van der Waals surface area contributed by atoms with E-state index in [-0.39, 0.29) is 37.7 Å². The third kappa shape index (κ3) is 6.66. The van der Waals surface area contributed by atoms with Crippen molar-refractivity contribution < 1.29 is 41.0 Å². The summed E-state index contributed by atoms with van der Waals surface area (Å²) in [6.07, 6.45) is -3.16. The maximum Gasteiger partial charge on any atom is 0.416 e. The Bertz CT molecular complexity index is 1430. The molecule has 2 aromatic rings. The van der Waals surface area contributed by atoms with Crippen molar-refractivity contribution in [3.05, 3.63) is 64.7 Å². The van der Waals surface area contributed by atoms with Gasteiger partial charge in [-0.1, -0.05) is 12.1 Å². The number of rotatable bonds is 5. The minimum atomic E-state index is -4.55. The molecule has 45 heavy (non-hydrogen) atoms. The SMILES string of the molecule is CC(C)(C)N1C[C@@H](c2ccc(F)cc2F)[C@](F)(C(=O)N2CCC(c3ccc(C(F)(F)F)cc3N3CCC(C(=O)O)CC3)CC2)C1. The summed E-state index contributed by atoms with van der Waals surface area (Å²) in [7, 11) is 0. The lowest BCUT2D eigenvalue weighted by atomic mass is 9.83. The molecule has 0 unspecified atom stereocenters. The number of alkyl halides is 4. The molecule has 3 aliphatic heterocycles. The summed E-state index contributed by atoms with van der Waals surface area (Å²) in [5.41, 5.74) is -2.75. The molecule has 2 atom stereocenters. The zero-order valence-corrected chi connectivity index (χ0v) is 25.6. The molecule has 0 aliphatic carbocycles. The van der Waals surface area contributed by atoms with Gasteiger partial charge in [-0.25, -0.2) is 13.2 Å². The first-order valence-corrected chi connectivity index (χ1v) is 15.4. The molecule has 1 amide bonds. The van der Waals surface area contributed by atoms with Gasteiger partial charge in [0.2, 0.25) is 5.67 Å². The van der Waals surface area contributed by atoms with Crippen LogP contribution in [-0.4, -0.2) is 77.3 Å². The number of benzene rings is 2. The van der Waals surface area contributed by atoms with Crippen molar-refractivity contribution in [3.63, 3.8) is 0 Å². The van der Waals surface area contributed by atoms with Gasteiger partial charge in [-0.3, -0.25) is 14.5 Å². The lowest BCUT2D eigenvalue weighted by Crippen LogP contribution is -2.53. The number of likely N-dealkylation sites (tertiary alicyclic amines) is 2. The molecule has 6 nitrogen and oxygen atoms in total. The molecule has 0 saturated carbocycles. The first kappa shape index (κ1) is 33.1. The van der Waals surface area contributed by atoms with Crippen LogP contribution in [0.5, 0.6) is 0 Å². The molecule has 0 radical (unpaired) electrons. The van der Waals surface area contributed by atoms with Gasteiger partial charge >= 0.3 is 12.1 Å². The number of hydrogen-bond acceptors (Lipinski definition) is 4. The summed E-state index contributed by atoms with van der Waals surface area (Å²) >= 11 is 0. The van der Waals surface area contributed by atoms with Crippen LogP contribution in [0.1, 0.15) is 75.0 Å². The van der Waals surface area contributed by atoms with E-state index in [0.29, 0.717) is 56.1 Å². The Kier molecular flexibility index (Phi) is 8.93. The highest BCUT2D eigenvalue weighted by Gasteiger charge is 2.57. The number of hydrogen-bond donors (Lipinski definition) is 1. The number of aliphatic carboxylic acids is 1. The number of piperidine rings is 2. The lowest BCUT2D eigenvalue weighted by molar-refractivity contribution is -0.145. The number of anilines is 1. The number of amides is 1. The Balaban J connectivity index is 1.37. The predicted molar refractivity (Wildman–Crippen MR) is 157 cm³/mol. The van der Waals surface area contributed by atoms with Crippen LogP contribution in [0.15, 0.2) is 36.4 Å². The summed E-state index contributed by atoms with van der Waals surface area (Å²) in [5.74, 6) is -5.31. The van der Waals surface area contributed by atoms with Crippen LogP contribution in [-0.2, 0) is 15.8 Å². The number of carboxylic acid groups (broad SMARTS) is 1. The molecular formula is C33H39F6N3O3. The molecule has 246 valence electrons. The van der Waals surface area contributed by atoms with Crippen LogP contribution >= 0.6 is 0 Å². The highest BCUT2D eigenvalue weighted by atomic mass is 19.4. The summed E-state index contributed by atoms with van der Waals surface area (Å²) < 4.78 is 86.7. The minimum Gasteiger partial charge on any atom is -0.481 e. The van der Waals surface area contributed by atoms with Crippen molar-refractivity contribution in [2.45, 2.75) is 75.7 Å². The predicted octanol–water partition coefficient (Wildman–Crippen LogP) is 6.60. The van der Waals surface area contributed by atoms with E-state index in [1.165, 1.54) is 17.0 Å². The second-order valence-electron chi connectivity index (χ2n) is 13.6. The second kappa shape index (κ2) is 12.1. The molecule has 1 N–H and O–H groups in total. The monoisotopic (exact) mass is 639 g/mol. The molecule has 5 rings (SSSR count). The van der Waals surface area contributed by atoms with Gasteiger partial charge in [-0.15, -0.1) is 0 Å². The second-order valence-corrected chi connectivity index (χ2v) is 13.6. The third-order valence-corrected chi connectivity index (χ3v) is 9.78. The Morgan fingerprint density at radius 3 is 2.07 bits per heavy atom. The van der Waals surface area contributed by atoms with Crippen molar-refractivity contribution in [2.75, 3.05) is 44.2 Å². The van der Waals surface area contributed by atoms with Crippen LogP contribution in [0.3, 0.4) is 0 Å². The average Bonchev–Trinajstić information content (AvgIpc) is 3.35. The molecule has 2 aromatic carbocycles. The fourth-order valence-corrected chi connectivity index (χ4v) is 7.04. The van der Waals surface area contributed by atoms with Gasteiger partial charge in [0.1, 0.15) is 11.6 Å². The summed E-state index contributed by atoms with van der Waals surface area (Å²) in [5, 5.41) is 9.37. The van der Waals surface area contributed by atoms with E-state index >= 15 is 4.39 Å². The van der Waals surface area contributed by atoms with Crippen LogP contribution in [0.25, 0.3) is 0 Å². The molecule has 3 heterocycles. The van der Waals surface area contributed by atoms with Crippen LogP contribution in [0.2, 0.25) is 0 Å². The topological polar surface area (TPSA) is 64.1 Å². The highest BCUT2D eigenvalue weighted by Crippen LogP contribution is 2.45. The van der Waals surface area contributed by atoms with E-state index in [0.717, 1.165) is 18.2 Å². The zero-order chi connectivity index (χ0) is 32.9. The van der Waals surface area contributed by atoms with Crippen molar-refractivity contribution in [1.29, 1.82) is 0 Å². The van der Waals surface area contributed by atoms with Crippen molar-refractivity contribution >= 4 is 17.6 Å². The van der Waals surface area contributed by atoms with E-state index < -0.39 is 58.3 Å². The first-order chi connectivity index (χ1) is 21.0. The van der Waals surface area contributed by atoms with Gasteiger partial charge in [0, 0.05) is 62.5 Å². The number of carbonyl (C=O) groups excluding carboxylic acids is 1. The number of nitrogens with zero attached hydrogens (tertiary/aromatic N) is 3. The van der Waals surface area contributed by atoms with Gasteiger partial charge in [-0.2, -0.15) is 13.2 Å². The van der Waals surface area contributed by atoms with Crippen LogP contribution in [0, 0.1) is 17.6 Å². The fraction of sp³-hybridized carbons (Fsp3) is 0.576. The standard InChI is InChI=1S/C33H39F6N3O3/c1-31(2,3)42-18-26(25-7-5-23(34)17-27(25)35)32(36,19-42)30(45)41-14-8-20(9-15-41)24-6-4-22(33(37,38)39)16-28(24)40-12-10-21(11-13-40)29(43)44/h4-7,16-17,20-21,26H,8-15,18-19H2,1-3H3,(H,43,44)/t26-,32-/m0/s1. The maximum atomic E-state index is 17.0. The molecule has 3 aliphatic rings. The number of carbonyl (C=O) groups is 2. The molecule has 0 bridgehead atoms. The van der Waals surface area contributed by atoms with E-state index in [1.807, 2.05) is 20.8 Å². The van der Waals surface area contributed by atoms with Crippen molar-refractivity contribution in [1.82, 2.24) is 9.80 Å². The van der Waals surface area contributed by atoms with Gasteiger partial charge in [0.15, 0.2) is 0 Å². The summed E-state index contributed by atoms with van der Waals surface area (Å²) in [4.78, 5) is 30.3. The Hall–Kier alpha value is -3.28. The van der Waals surface area contributed by atoms with Crippen molar-refractivity contribution in [3.8, 4) is 0 Å². The van der Waals surface area contributed by atoms with E-state index in [2.05, 4.69) is 0 Å². The molecule has 3 saturated heterocycles. The van der Waals surface area contributed by atoms with Gasteiger partial charge in [0.25, 0.3) is 5.91 Å². The van der Waals surface area contributed by atoms with Gasteiger partial charge in [-0.05, 0) is 81.7 Å². The van der Waals surface area contributed by atoms with Crippen LogP contribution in [0.4, 0.5) is 32.0 Å². The smallest absolute Gasteiger partial charge is 0.416 e. The molecule has 0 aromatic heterocycles. The summed E-state index contributed by atoms with van der Waals surface area (Å²) in [6, 6.07) is 6.56. The average molecular weight is 640 g/mol. The largest absolute Gasteiger partial charge is 0.481 e. The van der Waals surface area contributed by atoms with E-state index in [1.54, 1.807) is 9.80 Å². The minimum absolute atomic E-state index is 0.0602. The van der Waals surface area contributed by atoms with Crippen LogP contribution < -0.4 is 4.90 Å². The lowest BCUT2D eigenvalue weighted by Gasteiger charge is -2.39. The van der Waals surface area contributed by atoms with Gasteiger partial charge in [0.05, 0.1) is 11.5 Å². The first-order valence-electron chi connectivity index (χ1n) is 15.4. The summed E-state index contributed by atoms with van der Waals surface area (Å²) in [6.45, 7) is 6.35. The Labute approximate surface area is 259 Å². The fourth-order valence-electron chi connectivity index (χ4n) is 7.04. The zero-order valence-electron chi connectivity index (χ0n) is 25.6. The quantitative estimate of drug-likeness (QED) is 0.374. The molecule has 3 fully saturated rings. The molecule has 0 spiro atoms. The third-order valence-electron chi connectivity index (χ3n) is 9.78. The highest BCUT2D eigenvalue weighted by molar-refractivity contribution is 5.87. The van der Waals surface area contributed by atoms with E-state index in [9.17, 15) is 36.6 Å². The number of carboxylic acids is 1. The normalized spacial score (nSPS) is 24.3. The maximum absolute atomic E-state index is 17.0. The Morgan fingerprint density at radius 1 is 0.889 bits per heavy atom. The van der Waals surface area contributed by atoms with Gasteiger partial charge < -0.3 is 14.9 Å². The van der Waals surface area contributed by atoms with Crippen molar-refractivity contribution in [2.24, 2.45) is 5.92 Å². The molecule has 12 heteroatoms.